The zero-order chi connectivity index (χ0) is 26.2. The summed E-state index contributed by atoms with van der Waals surface area (Å²) in [5.74, 6) is -0.615. The van der Waals surface area contributed by atoms with Crippen LogP contribution < -0.4 is 5.32 Å². The molecule has 0 spiro atoms. The van der Waals surface area contributed by atoms with Crippen molar-refractivity contribution < 1.29 is 17.6 Å². The van der Waals surface area contributed by atoms with Crippen LogP contribution in [0.5, 0.6) is 0 Å². The number of hydrogen-bond acceptors (Lipinski definition) is 5. The Labute approximate surface area is 215 Å². The van der Waals surface area contributed by atoms with Gasteiger partial charge in [0.15, 0.2) is 15.5 Å². The van der Waals surface area contributed by atoms with Gasteiger partial charge < -0.3 is 5.32 Å². The molecule has 7 nitrogen and oxygen atoms in total. The quantitative estimate of drug-likeness (QED) is 0.347. The van der Waals surface area contributed by atoms with Crippen molar-refractivity contribution in [2.24, 2.45) is 0 Å². The average molecular weight is 521 g/mol. The van der Waals surface area contributed by atoms with Gasteiger partial charge in [0, 0.05) is 11.3 Å². The number of amides is 1. The summed E-state index contributed by atoms with van der Waals surface area (Å²) in [6, 6.07) is 15.0. The molecule has 0 bridgehead atoms. The molecule has 0 aliphatic carbocycles. The first-order valence-corrected chi connectivity index (χ1v) is 14.3. The van der Waals surface area contributed by atoms with Crippen molar-refractivity contribution in [1.29, 1.82) is 0 Å². The number of benzene rings is 2. The number of aryl methyl sites for hydroxylation is 2. The smallest absolute Gasteiger partial charge is 0.256 e. The van der Waals surface area contributed by atoms with Crippen LogP contribution in [0, 0.1) is 12.7 Å². The van der Waals surface area contributed by atoms with E-state index in [0.29, 0.717) is 45.7 Å². The fraction of sp³-hybridized carbons (Fsp3) is 0.321. The number of unbranched alkanes of at least 4 members (excludes halogenated alkanes) is 1. The molecule has 37 heavy (non-hydrogen) atoms. The number of pyridine rings is 1. The number of nitrogens with zero attached hydrogens (tertiary/aromatic N) is 3. The Bertz CT molecular complexity index is 1560. The van der Waals surface area contributed by atoms with E-state index in [1.165, 1.54) is 17.7 Å². The Morgan fingerprint density at radius 1 is 1.14 bits per heavy atom. The lowest BCUT2D eigenvalue weighted by molar-refractivity contribution is 0.102. The van der Waals surface area contributed by atoms with Gasteiger partial charge in [-0.3, -0.25) is 4.79 Å². The highest BCUT2D eigenvalue weighted by Gasteiger charge is 2.32. The van der Waals surface area contributed by atoms with Crippen molar-refractivity contribution in [3.63, 3.8) is 0 Å². The lowest BCUT2D eigenvalue weighted by Gasteiger charge is -2.13. The number of halogens is 1. The Hall–Kier alpha value is -3.59. The van der Waals surface area contributed by atoms with Crippen LogP contribution in [0.15, 0.2) is 54.6 Å². The number of sulfone groups is 1. The van der Waals surface area contributed by atoms with Gasteiger partial charge in [-0.1, -0.05) is 25.5 Å². The zero-order valence-corrected chi connectivity index (χ0v) is 21.7. The van der Waals surface area contributed by atoms with E-state index >= 15 is 0 Å². The number of nitrogens with one attached hydrogen (secondary N) is 1. The molecule has 192 valence electrons. The number of anilines is 1. The van der Waals surface area contributed by atoms with E-state index in [2.05, 4.69) is 17.3 Å². The molecule has 1 amide bonds. The van der Waals surface area contributed by atoms with Gasteiger partial charge in [-0.05, 0) is 74.2 Å². The van der Waals surface area contributed by atoms with Crippen LogP contribution in [0.4, 0.5) is 10.1 Å². The van der Waals surface area contributed by atoms with Gasteiger partial charge in [0.05, 0.1) is 39.9 Å². The molecule has 5 rings (SSSR count). The van der Waals surface area contributed by atoms with E-state index in [1.54, 1.807) is 29.8 Å². The molecule has 1 unspecified atom stereocenters. The van der Waals surface area contributed by atoms with Crippen molar-refractivity contribution in [3.8, 4) is 11.3 Å². The van der Waals surface area contributed by atoms with Gasteiger partial charge in [0.2, 0.25) is 0 Å². The number of carbonyl (C=O) groups is 1. The summed E-state index contributed by atoms with van der Waals surface area (Å²) in [7, 11) is -3.16. The average Bonchev–Trinajstić information content (AvgIpc) is 3.42. The van der Waals surface area contributed by atoms with E-state index in [4.69, 9.17) is 4.98 Å². The molecule has 0 saturated carbocycles. The van der Waals surface area contributed by atoms with Crippen molar-refractivity contribution in [2.75, 3.05) is 16.8 Å². The highest BCUT2D eigenvalue weighted by molar-refractivity contribution is 7.91. The first-order chi connectivity index (χ1) is 17.7. The molecule has 1 N–H and O–H groups in total. The topological polar surface area (TPSA) is 93.9 Å². The second-order valence-electron chi connectivity index (χ2n) is 9.60. The van der Waals surface area contributed by atoms with Crippen LogP contribution in [0.2, 0.25) is 0 Å². The molecule has 3 heterocycles. The zero-order valence-electron chi connectivity index (χ0n) is 20.9. The van der Waals surface area contributed by atoms with Crippen LogP contribution in [-0.2, 0) is 16.3 Å². The Kier molecular flexibility index (Phi) is 6.81. The monoisotopic (exact) mass is 520 g/mol. The van der Waals surface area contributed by atoms with Gasteiger partial charge >= 0.3 is 0 Å². The maximum atomic E-state index is 13.6. The fourth-order valence-electron chi connectivity index (χ4n) is 4.82. The normalized spacial score (nSPS) is 16.8. The molecule has 9 heteroatoms. The van der Waals surface area contributed by atoms with Crippen LogP contribution >= 0.6 is 0 Å². The molecule has 2 aromatic heterocycles. The minimum atomic E-state index is -3.16. The van der Waals surface area contributed by atoms with Crippen molar-refractivity contribution in [2.45, 2.75) is 45.6 Å². The van der Waals surface area contributed by atoms with Gasteiger partial charge in [0.25, 0.3) is 5.91 Å². The standard InChI is InChI=1S/C28H29FN4O3S/c1-3-4-5-19-6-12-22(13-7-19)30-28(34)24-16-25(20-8-10-21(29)11-9-20)31-27-26(24)18(2)32-33(27)23-14-15-37(35,36)17-23/h6-13,16,23H,3-5,14-15,17H2,1-2H3,(H,30,34). The SMILES string of the molecule is CCCCc1ccc(NC(=O)c2cc(-c3ccc(F)cc3)nc3c2c(C)nn3C2CCS(=O)(=O)C2)cc1. The minimum Gasteiger partial charge on any atom is -0.322 e. The summed E-state index contributed by atoms with van der Waals surface area (Å²) in [4.78, 5) is 18.4. The molecule has 1 aliphatic rings. The molecule has 1 fully saturated rings. The summed E-state index contributed by atoms with van der Waals surface area (Å²) in [5, 5.41) is 8.18. The Morgan fingerprint density at radius 3 is 2.51 bits per heavy atom. The molecule has 1 aliphatic heterocycles. The Balaban J connectivity index is 1.58. The number of hydrogen-bond donors (Lipinski definition) is 1. The van der Waals surface area contributed by atoms with Crippen molar-refractivity contribution in [1.82, 2.24) is 14.8 Å². The maximum absolute atomic E-state index is 13.6. The van der Waals surface area contributed by atoms with Gasteiger partial charge in [-0.2, -0.15) is 5.10 Å². The minimum absolute atomic E-state index is 0.0163. The second kappa shape index (κ2) is 10.0. The van der Waals surface area contributed by atoms with Crippen molar-refractivity contribution >= 4 is 32.5 Å². The third-order valence-electron chi connectivity index (χ3n) is 6.81. The number of rotatable bonds is 7. The summed E-state index contributed by atoms with van der Waals surface area (Å²) >= 11 is 0. The van der Waals surface area contributed by atoms with E-state index in [1.807, 2.05) is 24.3 Å². The number of fused-ring (bicyclic) bond motifs is 1. The number of aromatic nitrogens is 3. The third kappa shape index (κ3) is 5.27. The highest BCUT2D eigenvalue weighted by Crippen LogP contribution is 2.32. The van der Waals surface area contributed by atoms with Gasteiger partial charge in [-0.15, -0.1) is 0 Å². The molecular formula is C28H29FN4O3S. The van der Waals surface area contributed by atoms with E-state index in [-0.39, 0.29) is 29.3 Å². The van der Waals surface area contributed by atoms with Crippen molar-refractivity contribution in [3.05, 3.63) is 77.2 Å². The van der Waals surface area contributed by atoms with E-state index in [9.17, 15) is 17.6 Å². The van der Waals surface area contributed by atoms with Crippen LogP contribution in [0.1, 0.15) is 53.8 Å². The highest BCUT2D eigenvalue weighted by atomic mass is 32.2. The summed E-state index contributed by atoms with van der Waals surface area (Å²) in [6.45, 7) is 3.95. The summed E-state index contributed by atoms with van der Waals surface area (Å²) in [6.07, 6.45) is 3.66. The first-order valence-electron chi connectivity index (χ1n) is 12.5. The van der Waals surface area contributed by atoms with Crippen LogP contribution in [0.3, 0.4) is 0 Å². The lowest BCUT2D eigenvalue weighted by atomic mass is 10.0. The summed E-state index contributed by atoms with van der Waals surface area (Å²) in [5.41, 5.74) is 4.43. The lowest BCUT2D eigenvalue weighted by Crippen LogP contribution is -2.15. The molecule has 1 atom stereocenters. The fourth-order valence-corrected chi connectivity index (χ4v) is 6.51. The van der Waals surface area contributed by atoms with Gasteiger partial charge in [-0.25, -0.2) is 22.5 Å². The van der Waals surface area contributed by atoms with Crippen LogP contribution in [-0.4, -0.2) is 40.6 Å². The van der Waals surface area contributed by atoms with Crippen LogP contribution in [0.25, 0.3) is 22.3 Å². The molecule has 1 saturated heterocycles. The molecule has 0 radical (unpaired) electrons. The van der Waals surface area contributed by atoms with Gasteiger partial charge in [0.1, 0.15) is 5.82 Å². The van der Waals surface area contributed by atoms with E-state index in [0.717, 1.165) is 19.3 Å². The predicted octanol–water partition coefficient (Wildman–Crippen LogP) is 5.50. The predicted molar refractivity (Wildman–Crippen MR) is 143 cm³/mol. The van der Waals surface area contributed by atoms with E-state index < -0.39 is 9.84 Å². The molecule has 2 aromatic carbocycles. The molecular weight excluding hydrogens is 491 g/mol. The second-order valence-corrected chi connectivity index (χ2v) is 11.8. The summed E-state index contributed by atoms with van der Waals surface area (Å²) < 4.78 is 39.6. The largest absolute Gasteiger partial charge is 0.322 e. The third-order valence-corrected chi connectivity index (χ3v) is 8.56. The number of carbonyl (C=O) groups excluding carboxylic acids is 1. The Morgan fingerprint density at radius 2 is 1.86 bits per heavy atom. The first kappa shape index (κ1) is 25.1. The maximum Gasteiger partial charge on any atom is 0.256 e. The molecule has 4 aromatic rings.